The highest BCUT2D eigenvalue weighted by molar-refractivity contribution is 5.91. The molecule has 1 aromatic rings. The molecule has 1 aliphatic heterocycles. The Kier molecular flexibility index (Phi) is 7.10. The van der Waals surface area contributed by atoms with Crippen LogP contribution in [-0.2, 0) is 9.59 Å². The average Bonchev–Trinajstić information content (AvgIpc) is 2.69. The minimum atomic E-state index is -0.115. The molecule has 3 rings (SSSR count). The molecule has 1 heterocycles. The number of carbonyl (C=O) groups excluding carboxylic acids is 2. The van der Waals surface area contributed by atoms with E-state index in [9.17, 15) is 9.59 Å². The van der Waals surface area contributed by atoms with Crippen molar-refractivity contribution in [2.24, 2.45) is 0 Å². The van der Waals surface area contributed by atoms with Gasteiger partial charge in [-0.3, -0.25) is 14.5 Å². The van der Waals surface area contributed by atoms with Gasteiger partial charge in [0.05, 0.1) is 0 Å². The van der Waals surface area contributed by atoms with Gasteiger partial charge in [0.2, 0.25) is 11.8 Å². The van der Waals surface area contributed by atoms with Gasteiger partial charge in [-0.2, -0.15) is 0 Å². The van der Waals surface area contributed by atoms with Gasteiger partial charge in [0.1, 0.15) is 0 Å². The number of rotatable bonds is 6. The molecule has 1 saturated heterocycles. The van der Waals surface area contributed by atoms with Crippen LogP contribution in [0.1, 0.15) is 45.4 Å². The SMILES string of the molecule is CC(=O)NCCC(=O)Nc1ccc(N2CCN(C3CCCCC3)CC2)cc1. The molecule has 0 aromatic heterocycles. The average molecular weight is 373 g/mol. The van der Waals surface area contributed by atoms with Crippen LogP contribution < -0.4 is 15.5 Å². The summed E-state index contributed by atoms with van der Waals surface area (Å²) in [4.78, 5) is 27.8. The number of anilines is 2. The Morgan fingerprint density at radius 3 is 2.30 bits per heavy atom. The molecule has 2 aliphatic rings. The molecule has 1 aliphatic carbocycles. The molecule has 1 aromatic carbocycles. The molecule has 6 nitrogen and oxygen atoms in total. The zero-order valence-electron chi connectivity index (χ0n) is 16.4. The van der Waals surface area contributed by atoms with Gasteiger partial charge < -0.3 is 15.5 Å². The first-order valence-corrected chi connectivity index (χ1v) is 10.2. The van der Waals surface area contributed by atoms with Gasteiger partial charge in [-0.15, -0.1) is 0 Å². The van der Waals surface area contributed by atoms with Crippen LogP contribution in [0.2, 0.25) is 0 Å². The third-order valence-corrected chi connectivity index (χ3v) is 5.65. The van der Waals surface area contributed by atoms with Gasteiger partial charge in [0, 0.05) is 63.5 Å². The Bertz CT molecular complexity index is 618. The summed E-state index contributed by atoms with van der Waals surface area (Å²) in [6, 6.07) is 8.88. The van der Waals surface area contributed by atoms with Gasteiger partial charge in [0.15, 0.2) is 0 Å². The summed E-state index contributed by atoms with van der Waals surface area (Å²) in [6.07, 6.45) is 7.22. The van der Waals surface area contributed by atoms with Gasteiger partial charge in [-0.1, -0.05) is 19.3 Å². The Balaban J connectivity index is 1.43. The van der Waals surface area contributed by atoms with Crippen molar-refractivity contribution in [1.29, 1.82) is 0 Å². The van der Waals surface area contributed by atoms with Crippen LogP contribution in [-0.4, -0.2) is 55.5 Å². The van der Waals surface area contributed by atoms with Crippen LogP contribution >= 0.6 is 0 Å². The number of benzene rings is 1. The first kappa shape index (κ1) is 19.7. The van der Waals surface area contributed by atoms with Crippen molar-refractivity contribution in [3.8, 4) is 0 Å². The van der Waals surface area contributed by atoms with Gasteiger partial charge in [0.25, 0.3) is 0 Å². The normalized spacial score (nSPS) is 18.9. The predicted molar refractivity (Wildman–Crippen MR) is 109 cm³/mol. The van der Waals surface area contributed by atoms with Crippen LogP contribution in [0.4, 0.5) is 11.4 Å². The minimum absolute atomic E-state index is 0.0856. The molecule has 0 atom stereocenters. The van der Waals surface area contributed by atoms with E-state index in [0.29, 0.717) is 6.54 Å². The molecule has 0 radical (unpaired) electrons. The lowest BCUT2D eigenvalue weighted by Gasteiger charge is -2.41. The first-order valence-electron chi connectivity index (χ1n) is 10.2. The highest BCUT2D eigenvalue weighted by Gasteiger charge is 2.25. The van der Waals surface area contributed by atoms with E-state index in [0.717, 1.165) is 37.9 Å². The smallest absolute Gasteiger partial charge is 0.226 e. The molecule has 0 unspecified atom stereocenters. The number of hydrogen-bond donors (Lipinski definition) is 2. The van der Waals surface area contributed by atoms with Gasteiger partial charge in [-0.25, -0.2) is 0 Å². The number of amides is 2. The third-order valence-electron chi connectivity index (χ3n) is 5.65. The van der Waals surface area contributed by atoms with E-state index in [2.05, 4.69) is 32.6 Å². The molecule has 27 heavy (non-hydrogen) atoms. The molecule has 6 heteroatoms. The summed E-state index contributed by atoms with van der Waals surface area (Å²) >= 11 is 0. The molecule has 0 spiro atoms. The van der Waals surface area contributed by atoms with E-state index in [1.54, 1.807) is 0 Å². The number of nitrogens with zero attached hydrogens (tertiary/aromatic N) is 2. The van der Waals surface area contributed by atoms with Crippen molar-refractivity contribution in [2.45, 2.75) is 51.5 Å². The molecule has 2 N–H and O–H groups in total. The minimum Gasteiger partial charge on any atom is -0.369 e. The van der Waals surface area contributed by atoms with Crippen LogP contribution in [0.5, 0.6) is 0 Å². The second-order valence-corrected chi connectivity index (χ2v) is 7.64. The fourth-order valence-corrected chi connectivity index (χ4v) is 4.12. The van der Waals surface area contributed by atoms with Crippen molar-refractivity contribution in [3.05, 3.63) is 24.3 Å². The van der Waals surface area contributed by atoms with E-state index in [1.165, 1.54) is 44.7 Å². The lowest BCUT2D eigenvalue weighted by atomic mass is 9.94. The summed E-state index contributed by atoms with van der Waals surface area (Å²) in [5.74, 6) is -0.201. The van der Waals surface area contributed by atoms with Crippen molar-refractivity contribution in [1.82, 2.24) is 10.2 Å². The number of carbonyl (C=O) groups is 2. The second-order valence-electron chi connectivity index (χ2n) is 7.64. The fraction of sp³-hybridized carbons (Fsp3) is 0.619. The maximum atomic E-state index is 11.9. The molecular formula is C21H32N4O2. The van der Waals surface area contributed by atoms with Crippen LogP contribution in [0.25, 0.3) is 0 Å². The third kappa shape index (κ3) is 5.96. The van der Waals surface area contributed by atoms with E-state index in [4.69, 9.17) is 0 Å². The molecular weight excluding hydrogens is 340 g/mol. The van der Waals surface area contributed by atoms with Crippen molar-refractivity contribution >= 4 is 23.2 Å². The van der Waals surface area contributed by atoms with Crippen LogP contribution in [0, 0.1) is 0 Å². The van der Waals surface area contributed by atoms with Crippen molar-refractivity contribution in [3.63, 3.8) is 0 Å². The fourth-order valence-electron chi connectivity index (χ4n) is 4.12. The first-order chi connectivity index (χ1) is 13.1. The Hall–Kier alpha value is -2.08. The number of hydrogen-bond acceptors (Lipinski definition) is 4. The summed E-state index contributed by atoms with van der Waals surface area (Å²) in [6.45, 7) is 6.24. The lowest BCUT2D eigenvalue weighted by molar-refractivity contribution is -0.119. The standard InChI is InChI=1S/C21H32N4O2/c1-17(26)22-12-11-21(27)23-18-7-9-20(10-8-18)25-15-13-24(14-16-25)19-5-3-2-4-6-19/h7-10,19H,2-6,11-16H2,1H3,(H,22,26)(H,23,27). The van der Waals surface area contributed by atoms with E-state index in [-0.39, 0.29) is 18.2 Å². The van der Waals surface area contributed by atoms with Crippen molar-refractivity contribution in [2.75, 3.05) is 42.9 Å². The quantitative estimate of drug-likeness (QED) is 0.806. The summed E-state index contributed by atoms with van der Waals surface area (Å²) in [7, 11) is 0. The molecule has 2 fully saturated rings. The lowest BCUT2D eigenvalue weighted by Crippen LogP contribution is -2.50. The molecule has 0 bridgehead atoms. The molecule has 1 saturated carbocycles. The maximum Gasteiger partial charge on any atom is 0.226 e. The van der Waals surface area contributed by atoms with Crippen LogP contribution in [0.15, 0.2) is 24.3 Å². The molecule has 148 valence electrons. The zero-order chi connectivity index (χ0) is 19.1. The monoisotopic (exact) mass is 372 g/mol. The Morgan fingerprint density at radius 2 is 1.67 bits per heavy atom. The summed E-state index contributed by atoms with van der Waals surface area (Å²) in [5, 5.41) is 5.51. The molecule has 2 amide bonds. The highest BCUT2D eigenvalue weighted by Crippen LogP contribution is 2.25. The maximum absolute atomic E-state index is 11.9. The highest BCUT2D eigenvalue weighted by atomic mass is 16.2. The number of piperazine rings is 1. The van der Waals surface area contributed by atoms with E-state index >= 15 is 0 Å². The van der Waals surface area contributed by atoms with E-state index in [1.807, 2.05) is 12.1 Å². The van der Waals surface area contributed by atoms with Gasteiger partial charge in [-0.05, 0) is 37.1 Å². The van der Waals surface area contributed by atoms with Gasteiger partial charge >= 0.3 is 0 Å². The van der Waals surface area contributed by atoms with Crippen LogP contribution in [0.3, 0.4) is 0 Å². The Morgan fingerprint density at radius 1 is 1.00 bits per heavy atom. The topological polar surface area (TPSA) is 64.7 Å². The number of nitrogens with one attached hydrogen (secondary N) is 2. The predicted octanol–water partition coefficient (Wildman–Crippen LogP) is 2.61. The Labute approximate surface area is 162 Å². The second kappa shape index (κ2) is 9.74. The summed E-state index contributed by atoms with van der Waals surface area (Å²) in [5.41, 5.74) is 2.02. The summed E-state index contributed by atoms with van der Waals surface area (Å²) < 4.78 is 0. The zero-order valence-corrected chi connectivity index (χ0v) is 16.4. The van der Waals surface area contributed by atoms with E-state index < -0.39 is 0 Å². The van der Waals surface area contributed by atoms with Crippen molar-refractivity contribution < 1.29 is 9.59 Å². The largest absolute Gasteiger partial charge is 0.369 e.